The Kier molecular flexibility index (Phi) is 4.69. The molecule has 2 aliphatic heterocycles. The average Bonchev–Trinajstić information content (AvgIpc) is 2.64. The Morgan fingerprint density at radius 2 is 1.73 bits per heavy atom. The van der Waals surface area contributed by atoms with Gasteiger partial charge in [-0.05, 0) is 63.6 Å². The van der Waals surface area contributed by atoms with Crippen LogP contribution in [0.2, 0.25) is 0 Å². The van der Waals surface area contributed by atoms with Gasteiger partial charge in [0, 0.05) is 25.1 Å². The predicted molar refractivity (Wildman–Crippen MR) is 97.5 cm³/mol. The van der Waals surface area contributed by atoms with Crippen molar-refractivity contribution < 1.29 is 24.9 Å². The summed E-state index contributed by atoms with van der Waals surface area (Å²) in [6.07, 6.45) is 1.95. The molecule has 6 heteroatoms. The average molecular weight is 363 g/mol. The minimum atomic E-state index is -1.08. The molecule has 2 heterocycles. The van der Waals surface area contributed by atoms with Crippen molar-refractivity contribution in [1.82, 2.24) is 4.90 Å². The Morgan fingerprint density at radius 3 is 2.31 bits per heavy atom. The van der Waals surface area contributed by atoms with E-state index in [-0.39, 0.29) is 12.5 Å². The molecule has 1 saturated heterocycles. The number of likely N-dealkylation sites (tertiary alicyclic amines) is 1. The highest BCUT2D eigenvalue weighted by molar-refractivity contribution is 5.86. The molecule has 2 aliphatic rings. The molecule has 0 saturated carbocycles. The summed E-state index contributed by atoms with van der Waals surface area (Å²) in [5, 5.41) is 29.7. The topological polar surface area (TPSA) is 90.2 Å². The number of rotatable bonds is 2. The molecular formula is C20H29NO5. The third-order valence-electron chi connectivity index (χ3n) is 6.25. The maximum absolute atomic E-state index is 13.1. The van der Waals surface area contributed by atoms with E-state index in [2.05, 4.69) is 0 Å². The number of aliphatic hydroxyl groups is 2. The fourth-order valence-corrected chi connectivity index (χ4v) is 4.02. The number of amides is 1. The van der Waals surface area contributed by atoms with Crippen LogP contribution in [0.25, 0.3) is 0 Å². The zero-order chi connectivity index (χ0) is 19.3. The number of phenolic OH excluding ortho intramolecular Hbond substituents is 1. The van der Waals surface area contributed by atoms with Crippen LogP contribution in [0.15, 0.2) is 0 Å². The Hall–Kier alpha value is -1.79. The van der Waals surface area contributed by atoms with E-state index in [0.717, 1.165) is 22.3 Å². The van der Waals surface area contributed by atoms with Gasteiger partial charge in [0.15, 0.2) is 5.60 Å². The molecule has 26 heavy (non-hydrogen) atoms. The normalized spacial score (nSPS) is 24.8. The summed E-state index contributed by atoms with van der Waals surface area (Å²) in [5.74, 6) is 0.939. The summed E-state index contributed by atoms with van der Waals surface area (Å²) in [7, 11) is 0. The second kappa shape index (κ2) is 6.43. The van der Waals surface area contributed by atoms with E-state index in [4.69, 9.17) is 4.74 Å². The first-order chi connectivity index (χ1) is 12.1. The van der Waals surface area contributed by atoms with Crippen molar-refractivity contribution in [1.29, 1.82) is 0 Å². The number of piperidine rings is 1. The van der Waals surface area contributed by atoms with Gasteiger partial charge in [-0.3, -0.25) is 4.79 Å². The van der Waals surface area contributed by atoms with Crippen molar-refractivity contribution in [2.24, 2.45) is 0 Å². The predicted octanol–water partition coefficient (Wildman–Crippen LogP) is 1.75. The molecule has 0 spiro atoms. The number of aromatic hydroxyl groups is 1. The fourth-order valence-electron chi connectivity index (χ4n) is 4.02. The lowest BCUT2D eigenvalue weighted by atomic mass is 9.85. The molecule has 6 nitrogen and oxygen atoms in total. The van der Waals surface area contributed by atoms with Crippen LogP contribution in [0.1, 0.15) is 48.4 Å². The van der Waals surface area contributed by atoms with Gasteiger partial charge in [-0.25, -0.2) is 0 Å². The number of fused-ring (bicyclic) bond motifs is 1. The third-order valence-corrected chi connectivity index (χ3v) is 6.25. The maximum Gasteiger partial charge on any atom is 0.266 e. The number of hydrogen-bond donors (Lipinski definition) is 3. The standard InChI is InChI=1S/C20H29NO5/c1-12-13(2)17-15(14(3)16(12)23)5-6-19(4,26-17)18(24)21-9-7-20(25,11-22)8-10-21/h22-23,25H,5-11H2,1-4H3. The summed E-state index contributed by atoms with van der Waals surface area (Å²) >= 11 is 0. The van der Waals surface area contributed by atoms with E-state index >= 15 is 0 Å². The van der Waals surface area contributed by atoms with E-state index < -0.39 is 11.2 Å². The van der Waals surface area contributed by atoms with Crippen LogP contribution < -0.4 is 4.74 Å². The number of aliphatic hydroxyl groups excluding tert-OH is 1. The molecule has 0 aromatic heterocycles. The van der Waals surface area contributed by atoms with Crippen molar-refractivity contribution in [2.75, 3.05) is 19.7 Å². The van der Waals surface area contributed by atoms with Gasteiger partial charge in [-0.15, -0.1) is 0 Å². The Labute approximate surface area is 154 Å². The summed E-state index contributed by atoms with van der Waals surface area (Å²) in [5.41, 5.74) is 1.41. The smallest absolute Gasteiger partial charge is 0.266 e. The third kappa shape index (κ3) is 2.95. The summed E-state index contributed by atoms with van der Waals surface area (Å²) in [6, 6.07) is 0. The fraction of sp³-hybridized carbons (Fsp3) is 0.650. The zero-order valence-electron chi connectivity index (χ0n) is 16.1. The number of ether oxygens (including phenoxy) is 1. The van der Waals surface area contributed by atoms with Gasteiger partial charge in [0.2, 0.25) is 0 Å². The first kappa shape index (κ1) is 19.0. The monoisotopic (exact) mass is 363 g/mol. The van der Waals surface area contributed by atoms with Crippen molar-refractivity contribution in [3.8, 4) is 11.5 Å². The highest BCUT2D eigenvalue weighted by Crippen LogP contribution is 2.43. The summed E-state index contributed by atoms with van der Waals surface area (Å²) in [4.78, 5) is 14.9. The molecule has 0 bridgehead atoms. The first-order valence-electron chi connectivity index (χ1n) is 9.25. The summed E-state index contributed by atoms with van der Waals surface area (Å²) in [6.45, 7) is 8.01. The molecule has 3 N–H and O–H groups in total. The molecule has 3 rings (SSSR count). The second-order valence-electron chi connectivity index (χ2n) is 8.04. The molecule has 1 aromatic carbocycles. The van der Waals surface area contributed by atoms with Crippen LogP contribution in [0.5, 0.6) is 11.5 Å². The molecule has 1 aromatic rings. The number of nitrogens with zero attached hydrogens (tertiary/aromatic N) is 1. The van der Waals surface area contributed by atoms with Gasteiger partial charge in [-0.2, -0.15) is 0 Å². The number of benzene rings is 1. The van der Waals surface area contributed by atoms with Gasteiger partial charge in [0.05, 0.1) is 12.2 Å². The molecule has 0 radical (unpaired) electrons. The SMILES string of the molecule is Cc1c(C)c2c(c(C)c1O)CCC(C)(C(=O)N1CCC(O)(CO)CC1)O2. The summed E-state index contributed by atoms with van der Waals surface area (Å²) < 4.78 is 6.25. The minimum absolute atomic E-state index is 0.0779. The molecule has 0 aliphatic carbocycles. The van der Waals surface area contributed by atoms with Crippen molar-refractivity contribution >= 4 is 5.91 Å². The Bertz CT molecular complexity index is 736. The lowest BCUT2D eigenvalue weighted by molar-refractivity contribution is -0.153. The second-order valence-corrected chi connectivity index (χ2v) is 8.04. The number of phenols is 1. The molecule has 1 atom stereocenters. The van der Waals surface area contributed by atoms with Crippen LogP contribution in [-0.2, 0) is 11.2 Å². The lowest BCUT2D eigenvalue weighted by Crippen LogP contribution is -2.57. The van der Waals surface area contributed by atoms with E-state index in [9.17, 15) is 20.1 Å². The van der Waals surface area contributed by atoms with Crippen molar-refractivity contribution in [3.63, 3.8) is 0 Å². The van der Waals surface area contributed by atoms with Crippen LogP contribution in [0.3, 0.4) is 0 Å². The van der Waals surface area contributed by atoms with Crippen molar-refractivity contribution in [2.45, 2.75) is 64.6 Å². The largest absolute Gasteiger partial charge is 0.507 e. The molecule has 1 fully saturated rings. The molecule has 144 valence electrons. The molecule has 1 unspecified atom stereocenters. The number of hydrogen-bond acceptors (Lipinski definition) is 5. The van der Waals surface area contributed by atoms with Crippen LogP contribution >= 0.6 is 0 Å². The van der Waals surface area contributed by atoms with Crippen LogP contribution in [0.4, 0.5) is 0 Å². The van der Waals surface area contributed by atoms with Gasteiger partial charge in [0.25, 0.3) is 5.91 Å². The number of carbonyl (C=O) groups excluding carboxylic acids is 1. The highest BCUT2D eigenvalue weighted by atomic mass is 16.5. The van der Waals surface area contributed by atoms with Gasteiger partial charge in [0.1, 0.15) is 11.5 Å². The van der Waals surface area contributed by atoms with Gasteiger partial charge >= 0.3 is 0 Å². The Balaban J connectivity index is 1.84. The molecule has 1 amide bonds. The van der Waals surface area contributed by atoms with E-state index in [1.54, 1.807) is 4.90 Å². The maximum atomic E-state index is 13.1. The van der Waals surface area contributed by atoms with E-state index in [1.165, 1.54) is 0 Å². The van der Waals surface area contributed by atoms with Crippen molar-refractivity contribution in [3.05, 3.63) is 22.3 Å². The quantitative estimate of drug-likeness (QED) is 0.745. The van der Waals surface area contributed by atoms with E-state index in [0.29, 0.717) is 50.3 Å². The minimum Gasteiger partial charge on any atom is -0.507 e. The Morgan fingerprint density at radius 1 is 1.12 bits per heavy atom. The highest BCUT2D eigenvalue weighted by Gasteiger charge is 2.45. The number of carbonyl (C=O) groups is 1. The van der Waals surface area contributed by atoms with Crippen LogP contribution in [0, 0.1) is 20.8 Å². The first-order valence-corrected chi connectivity index (χ1v) is 9.25. The van der Waals surface area contributed by atoms with Crippen LogP contribution in [-0.4, -0.2) is 57.0 Å². The van der Waals surface area contributed by atoms with Gasteiger partial charge < -0.3 is 25.0 Å². The lowest BCUT2D eigenvalue weighted by Gasteiger charge is -2.43. The zero-order valence-corrected chi connectivity index (χ0v) is 16.1. The van der Waals surface area contributed by atoms with E-state index in [1.807, 2.05) is 27.7 Å². The molecular weight excluding hydrogens is 334 g/mol. The van der Waals surface area contributed by atoms with Gasteiger partial charge in [-0.1, -0.05) is 0 Å².